The zero-order valence-electron chi connectivity index (χ0n) is 14.5. The lowest BCUT2D eigenvalue weighted by Gasteiger charge is -2.17. The van der Waals surface area contributed by atoms with Crippen LogP contribution in [-0.2, 0) is 17.9 Å². The molecule has 0 aliphatic heterocycles. The van der Waals surface area contributed by atoms with Crippen LogP contribution in [0.1, 0.15) is 31.4 Å². The molecule has 2 rings (SSSR count). The minimum Gasteiger partial charge on any atom is -0.487 e. The molecule has 0 radical (unpaired) electrons. The number of benzene rings is 2. The van der Waals surface area contributed by atoms with E-state index in [0.29, 0.717) is 36.3 Å². The fourth-order valence-electron chi connectivity index (χ4n) is 2.49. The second-order valence-electron chi connectivity index (χ2n) is 6.44. The van der Waals surface area contributed by atoms with Crippen LogP contribution in [-0.4, -0.2) is 17.1 Å². The fourth-order valence-corrected chi connectivity index (χ4v) is 2.75. The highest BCUT2D eigenvalue weighted by Gasteiger charge is 2.18. The third-order valence-corrected chi connectivity index (χ3v) is 4.09. The summed E-state index contributed by atoms with van der Waals surface area (Å²) in [7, 11) is 0. The highest BCUT2D eigenvalue weighted by molar-refractivity contribution is 6.32. The number of carbonyl (C=O) groups is 1. The van der Waals surface area contributed by atoms with E-state index < -0.39 is 12.0 Å². The van der Waals surface area contributed by atoms with Gasteiger partial charge in [0.05, 0.1) is 5.02 Å². The van der Waals surface area contributed by atoms with Crippen molar-refractivity contribution in [3.05, 3.63) is 64.7 Å². The van der Waals surface area contributed by atoms with Crippen LogP contribution in [0.5, 0.6) is 5.75 Å². The van der Waals surface area contributed by atoms with Crippen LogP contribution in [0.3, 0.4) is 0 Å². The number of halogens is 1. The number of carboxylic acids is 1. The Kier molecular flexibility index (Phi) is 7.29. The molecule has 0 saturated carbocycles. The lowest BCUT2D eigenvalue weighted by molar-refractivity contribution is -0.140. The van der Waals surface area contributed by atoms with Gasteiger partial charge in [0.25, 0.3) is 0 Å². The van der Waals surface area contributed by atoms with Gasteiger partial charge in [-0.3, -0.25) is 4.79 Å². The van der Waals surface area contributed by atoms with Crippen molar-refractivity contribution in [2.75, 3.05) is 0 Å². The Labute approximate surface area is 153 Å². The molecule has 0 heterocycles. The van der Waals surface area contributed by atoms with Gasteiger partial charge in [-0.2, -0.15) is 0 Å². The van der Waals surface area contributed by atoms with Crippen LogP contribution in [0.15, 0.2) is 48.5 Å². The lowest BCUT2D eigenvalue weighted by Crippen LogP contribution is -2.37. The van der Waals surface area contributed by atoms with Gasteiger partial charge in [0.2, 0.25) is 0 Å². The van der Waals surface area contributed by atoms with E-state index in [0.717, 1.165) is 11.1 Å². The zero-order chi connectivity index (χ0) is 18.2. The Morgan fingerprint density at radius 2 is 1.88 bits per heavy atom. The molecule has 0 saturated heterocycles. The molecule has 0 aromatic heterocycles. The second-order valence-corrected chi connectivity index (χ2v) is 6.85. The van der Waals surface area contributed by atoms with Gasteiger partial charge in [-0.05, 0) is 35.6 Å². The van der Waals surface area contributed by atoms with Gasteiger partial charge in [0, 0.05) is 6.54 Å². The van der Waals surface area contributed by atoms with E-state index in [1.165, 1.54) is 0 Å². The van der Waals surface area contributed by atoms with Crippen molar-refractivity contribution in [1.82, 2.24) is 5.32 Å². The molecule has 1 atom stereocenters. The quantitative estimate of drug-likeness (QED) is 0.690. The van der Waals surface area contributed by atoms with Crippen LogP contribution < -0.4 is 10.1 Å². The molecule has 0 amide bonds. The summed E-state index contributed by atoms with van der Waals surface area (Å²) in [5.41, 5.74) is 1.99. The summed E-state index contributed by atoms with van der Waals surface area (Å²) >= 11 is 6.29. The Hall–Kier alpha value is -2.04. The summed E-state index contributed by atoms with van der Waals surface area (Å²) in [6, 6.07) is 14.8. The maximum Gasteiger partial charge on any atom is 0.320 e. The topological polar surface area (TPSA) is 58.6 Å². The van der Waals surface area contributed by atoms with Gasteiger partial charge >= 0.3 is 5.97 Å². The summed E-state index contributed by atoms with van der Waals surface area (Å²) in [5.74, 6) is 0.0970. The van der Waals surface area contributed by atoms with E-state index in [9.17, 15) is 9.90 Å². The minimum absolute atomic E-state index is 0.311. The minimum atomic E-state index is -0.831. The predicted molar refractivity (Wildman–Crippen MR) is 99.9 cm³/mol. The molecule has 0 spiro atoms. The van der Waals surface area contributed by atoms with Crippen molar-refractivity contribution < 1.29 is 14.6 Å². The van der Waals surface area contributed by atoms with Gasteiger partial charge in [0.15, 0.2) is 0 Å². The molecule has 0 aliphatic rings. The summed E-state index contributed by atoms with van der Waals surface area (Å²) < 4.78 is 5.75. The molecule has 25 heavy (non-hydrogen) atoms. The van der Waals surface area contributed by atoms with E-state index in [1.807, 2.05) is 62.4 Å². The van der Waals surface area contributed by atoms with Crippen LogP contribution >= 0.6 is 11.6 Å². The first-order chi connectivity index (χ1) is 12.0. The van der Waals surface area contributed by atoms with Gasteiger partial charge in [0.1, 0.15) is 18.4 Å². The van der Waals surface area contributed by atoms with E-state index in [-0.39, 0.29) is 0 Å². The average Bonchev–Trinajstić information content (AvgIpc) is 2.58. The highest BCUT2D eigenvalue weighted by atomic mass is 35.5. The van der Waals surface area contributed by atoms with Crippen molar-refractivity contribution >= 4 is 17.6 Å². The first kappa shape index (κ1) is 19.3. The number of rotatable bonds is 9. The average molecular weight is 362 g/mol. The number of nitrogens with one attached hydrogen (secondary N) is 1. The normalized spacial score (nSPS) is 12.2. The van der Waals surface area contributed by atoms with E-state index in [2.05, 4.69) is 5.32 Å². The SMILES string of the molecule is CC(C)CC(NCc1ccc(OCc2ccccc2)c(Cl)c1)C(=O)O. The Morgan fingerprint density at radius 1 is 1.16 bits per heavy atom. The summed E-state index contributed by atoms with van der Waals surface area (Å²) in [4.78, 5) is 11.3. The molecule has 2 N–H and O–H groups in total. The maximum absolute atomic E-state index is 11.3. The third-order valence-electron chi connectivity index (χ3n) is 3.79. The molecule has 134 valence electrons. The molecule has 0 aliphatic carbocycles. The van der Waals surface area contributed by atoms with Crippen LogP contribution in [0.4, 0.5) is 0 Å². The number of aliphatic carboxylic acids is 1. The largest absolute Gasteiger partial charge is 0.487 e. The van der Waals surface area contributed by atoms with Gasteiger partial charge in [-0.25, -0.2) is 0 Å². The van der Waals surface area contributed by atoms with Crippen molar-refractivity contribution in [2.45, 2.75) is 39.5 Å². The molecule has 2 aromatic carbocycles. The van der Waals surface area contributed by atoms with E-state index in [4.69, 9.17) is 16.3 Å². The Bertz CT molecular complexity index is 689. The van der Waals surface area contributed by atoms with Crippen molar-refractivity contribution in [2.24, 2.45) is 5.92 Å². The molecule has 0 fully saturated rings. The molecular weight excluding hydrogens is 338 g/mol. The number of hydrogen-bond donors (Lipinski definition) is 2. The molecule has 1 unspecified atom stereocenters. The van der Waals surface area contributed by atoms with Gasteiger partial charge in [-0.1, -0.05) is 61.8 Å². The van der Waals surface area contributed by atoms with E-state index >= 15 is 0 Å². The second kappa shape index (κ2) is 9.44. The molecular formula is C20H24ClNO3. The summed E-state index contributed by atoms with van der Waals surface area (Å²) in [6.45, 7) is 4.91. The first-order valence-corrected chi connectivity index (χ1v) is 8.75. The smallest absolute Gasteiger partial charge is 0.320 e. The van der Waals surface area contributed by atoms with Crippen LogP contribution in [0.25, 0.3) is 0 Å². The van der Waals surface area contributed by atoms with E-state index in [1.54, 1.807) is 0 Å². The summed E-state index contributed by atoms with van der Waals surface area (Å²) in [5, 5.41) is 12.9. The van der Waals surface area contributed by atoms with Crippen molar-refractivity contribution in [1.29, 1.82) is 0 Å². The standard InChI is InChI=1S/C20H24ClNO3/c1-14(2)10-18(20(23)24)22-12-16-8-9-19(17(21)11-16)25-13-15-6-4-3-5-7-15/h3-9,11,14,18,22H,10,12-13H2,1-2H3,(H,23,24). The Morgan fingerprint density at radius 3 is 2.48 bits per heavy atom. The molecule has 4 nitrogen and oxygen atoms in total. The Balaban J connectivity index is 1.93. The highest BCUT2D eigenvalue weighted by Crippen LogP contribution is 2.26. The van der Waals surface area contributed by atoms with Crippen molar-refractivity contribution in [3.63, 3.8) is 0 Å². The molecule has 5 heteroatoms. The monoisotopic (exact) mass is 361 g/mol. The number of hydrogen-bond acceptors (Lipinski definition) is 3. The summed E-state index contributed by atoms with van der Waals surface area (Å²) in [6.07, 6.45) is 0.585. The van der Waals surface area contributed by atoms with Crippen LogP contribution in [0.2, 0.25) is 5.02 Å². The molecule has 2 aromatic rings. The van der Waals surface area contributed by atoms with Crippen molar-refractivity contribution in [3.8, 4) is 5.75 Å². The first-order valence-electron chi connectivity index (χ1n) is 8.37. The fraction of sp³-hybridized carbons (Fsp3) is 0.350. The maximum atomic E-state index is 11.3. The molecule has 0 bridgehead atoms. The zero-order valence-corrected chi connectivity index (χ0v) is 15.3. The number of ether oxygens (including phenoxy) is 1. The van der Waals surface area contributed by atoms with Crippen LogP contribution in [0, 0.1) is 5.92 Å². The van der Waals surface area contributed by atoms with Gasteiger partial charge in [-0.15, -0.1) is 0 Å². The lowest BCUT2D eigenvalue weighted by atomic mass is 10.0. The predicted octanol–water partition coefficient (Wildman–Crippen LogP) is 4.51. The van der Waals surface area contributed by atoms with Gasteiger partial charge < -0.3 is 15.2 Å². The number of carboxylic acid groups (broad SMARTS) is 1. The third kappa shape index (κ3) is 6.40.